The average Bonchev–Trinajstić information content (AvgIpc) is 3.46. The van der Waals surface area contributed by atoms with Crippen molar-refractivity contribution in [2.45, 2.75) is 36.9 Å². The van der Waals surface area contributed by atoms with Crippen molar-refractivity contribution < 1.29 is 48.2 Å². The summed E-state index contributed by atoms with van der Waals surface area (Å²) in [5.41, 5.74) is 1.37. The molecule has 2 fully saturated rings. The van der Waals surface area contributed by atoms with Gasteiger partial charge in [-0.25, -0.2) is 9.59 Å². The van der Waals surface area contributed by atoms with Crippen molar-refractivity contribution in [1.29, 1.82) is 0 Å². The molecule has 2 saturated heterocycles. The Kier molecular flexibility index (Phi) is 8.09. The second kappa shape index (κ2) is 11.4. The van der Waals surface area contributed by atoms with Gasteiger partial charge in [0.15, 0.2) is 23.7 Å². The third kappa shape index (κ3) is 5.96. The molecule has 1 aliphatic carbocycles. The maximum atomic E-state index is 12.3. The standard InChI is InChI=1S/C26H28O10/c1-31-19-11-15(3-7-17(19)27)5-9-23(29)35-21-13-33-26-22(14-34-25(21)26)36-24(30)10-6-16-4-8-18(28)20(12-16)32-2/h3-7,9-12,18,21-22,25-28H,8,13-14H2,1-2H3/b9-5+,10-6+. The summed E-state index contributed by atoms with van der Waals surface area (Å²) in [5.74, 6) is -0.441. The SMILES string of the molecule is COC1=CC(/C=C/C(=O)OC2COC3C(OC(=O)/C=C/c4ccc(O)c(OC)c4)COC23)=CCC1O. The predicted octanol–water partition coefficient (Wildman–Crippen LogP) is 1.81. The topological polar surface area (TPSA) is 130 Å². The van der Waals surface area contributed by atoms with E-state index in [0.29, 0.717) is 17.7 Å². The molecule has 36 heavy (non-hydrogen) atoms. The summed E-state index contributed by atoms with van der Waals surface area (Å²) in [5, 5.41) is 19.5. The Hall–Kier alpha value is -3.60. The van der Waals surface area contributed by atoms with E-state index < -0.39 is 42.5 Å². The maximum absolute atomic E-state index is 12.3. The van der Waals surface area contributed by atoms with Crippen LogP contribution in [0.5, 0.6) is 11.5 Å². The number of phenols is 1. The highest BCUT2D eigenvalue weighted by atomic mass is 16.7. The summed E-state index contributed by atoms with van der Waals surface area (Å²) >= 11 is 0. The first-order valence-electron chi connectivity index (χ1n) is 11.4. The van der Waals surface area contributed by atoms with E-state index in [2.05, 4.69) is 0 Å². The minimum Gasteiger partial charge on any atom is -0.504 e. The number of fused-ring (bicyclic) bond motifs is 1. The molecule has 10 heteroatoms. The summed E-state index contributed by atoms with van der Waals surface area (Å²) in [7, 11) is 2.91. The molecule has 1 aromatic carbocycles. The van der Waals surface area contributed by atoms with Gasteiger partial charge in [-0.2, -0.15) is 0 Å². The van der Waals surface area contributed by atoms with Crippen LogP contribution in [0.4, 0.5) is 0 Å². The van der Waals surface area contributed by atoms with Crippen LogP contribution in [-0.4, -0.2) is 80.1 Å². The second-order valence-corrected chi connectivity index (χ2v) is 8.35. The van der Waals surface area contributed by atoms with Crippen molar-refractivity contribution in [2.24, 2.45) is 0 Å². The Bertz CT molecular complexity index is 1100. The molecular weight excluding hydrogens is 472 g/mol. The molecule has 0 radical (unpaired) electrons. The lowest BCUT2D eigenvalue weighted by Crippen LogP contribution is -2.35. The van der Waals surface area contributed by atoms with Crippen molar-refractivity contribution in [2.75, 3.05) is 27.4 Å². The molecule has 192 valence electrons. The molecular formula is C26H28O10. The number of aliphatic hydroxyl groups is 1. The molecule has 5 atom stereocenters. The van der Waals surface area contributed by atoms with Gasteiger partial charge in [0.2, 0.25) is 0 Å². The molecule has 3 aliphatic rings. The van der Waals surface area contributed by atoms with Gasteiger partial charge in [-0.05, 0) is 47.9 Å². The fourth-order valence-corrected chi connectivity index (χ4v) is 4.13. The van der Waals surface area contributed by atoms with Crippen LogP contribution in [0.3, 0.4) is 0 Å². The van der Waals surface area contributed by atoms with E-state index in [1.165, 1.54) is 38.5 Å². The lowest BCUT2D eigenvalue weighted by atomic mass is 10.0. The number of rotatable bonds is 8. The molecule has 4 rings (SSSR count). The third-order valence-corrected chi connectivity index (χ3v) is 5.97. The lowest BCUT2D eigenvalue weighted by Gasteiger charge is -2.17. The van der Waals surface area contributed by atoms with Crippen LogP contribution in [0.25, 0.3) is 6.08 Å². The van der Waals surface area contributed by atoms with Crippen LogP contribution in [-0.2, 0) is 33.3 Å². The van der Waals surface area contributed by atoms with Crippen LogP contribution in [0.2, 0.25) is 0 Å². The van der Waals surface area contributed by atoms with Gasteiger partial charge >= 0.3 is 11.9 Å². The maximum Gasteiger partial charge on any atom is 0.331 e. The van der Waals surface area contributed by atoms with Gasteiger partial charge in [0, 0.05) is 12.2 Å². The van der Waals surface area contributed by atoms with Gasteiger partial charge in [0.05, 0.1) is 27.4 Å². The fraction of sp³-hybridized carbons (Fsp3) is 0.385. The van der Waals surface area contributed by atoms with Crippen molar-refractivity contribution in [1.82, 2.24) is 0 Å². The smallest absolute Gasteiger partial charge is 0.331 e. The summed E-state index contributed by atoms with van der Waals surface area (Å²) in [6, 6.07) is 4.68. The van der Waals surface area contributed by atoms with Gasteiger partial charge in [-0.3, -0.25) is 0 Å². The number of phenolic OH excluding ortho intramolecular Hbond substituents is 1. The van der Waals surface area contributed by atoms with Gasteiger partial charge in [0.1, 0.15) is 24.1 Å². The third-order valence-electron chi connectivity index (χ3n) is 5.97. The van der Waals surface area contributed by atoms with E-state index in [1.54, 1.807) is 30.4 Å². The molecule has 0 aromatic heterocycles. The van der Waals surface area contributed by atoms with Crippen LogP contribution in [0.15, 0.2) is 59.9 Å². The number of ether oxygens (including phenoxy) is 6. The number of hydrogen-bond acceptors (Lipinski definition) is 10. The number of benzene rings is 1. The highest BCUT2D eigenvalue weighted by Crippen LogP contribution is 2.31. The monoisotopic (exact) mass is 500 g/mol. The molecule has 2 aliphatic heterocycles. The molecule has 0 amide bonds. The first-order chi connectivity index (χ1) is 17.4. The zero-order chi connectivity index (χ0) is 25.7. The summed E-state index contributed by atoms with van der Waals surface area (Å²) in [4.78, 5) is 24.6. The van der Waals surface area contributed by atoms with Gasteiger partial charge < -0.3 is 38.6 Å². The lowest BCUT2D eigenvalue weighted by molar-refractivity contribution is -0.149. The van der Waals surface area contributed by atoms with Gasteiger partial charge in [0.25, 0.3) is 0 Å². The molecule has 1 aromatic rings. The highest BCUT2D eigenvalue weighted by Gasteiger charge is 2.51. The fourth-order valence-electron chi connectivity index (χ4n) is 4.13. The summed E-state index contributed by atoms with van der Waals surface area (Å²) in [6.45, 7) is 0.236. The Morgan fingerprint density at radius 2 is 1.61 bits per heavy atom. The molecule has 2 heterocycles. The van der Waals surface area contributed by atoms with Crippen LogP contribution in [0, 0.1) is 0 Å². The first-order valence-corrected chi connectivity index (χ1v) is 11.4. The largest absolute Gasteiger partial charge is 0.504 e. The molecule has 10 nitrogen and oxygen atoms in total. The van der Waals surface area contributed by atoms with Crippen LogP contribution in [0.1, 0.15) is 12.0 Å². The van der Waals surface area contributed by atoms with E-state index in [0.717, 1.165) is 5.57 Å². The van der Waals surface area contributed by atoms with Crippen LogP contribution >= 0.6 is 0 Å². The number of carbonyl (C=O) groups excluding carboxylic acids is 2. The zero-order valence-electron chi connectivity index (χ0n) is 19.9. The average molecular weight is 501 g/mol. The Labute approximate surface area is 208 Å². The normalized spacial score (nSPS) is 27.5. The summed E-state index contributed by atoms with van der Waals surface area (Å²) in [6.07, 6.45) is 6.43. The predicted molar refractivity (Wildman–Crippen MR) is 126 cm³/mol. The minimum absolute atomic E-state index is 0.00141. The minimum atomic E-state index is -0.694. The van der Waals surface area contributed by atoms with Crippen molar-refractivity contribution in [3.63, 3.8) is 0 Å². The summed E-state index contributed by atoms with van der Waals surface area (Å²) < 4.78 is 32.6. The van der Waals surface area contributed by atoms with Crippen LogP contribution < -0.4 is 4.74 Å². The van der Waals surface area contributed by atoms with Gasteiger partial charge in [-0.15, -0.1) is 0 Å². The van der Waals surface area contributed by atoms with Crippen molar-refractivity contribution >= 4 is 18.0 Å². The number of hydrogen-bond donors (Lipinski definition) is 2. The van der Waals surface area contributed by atoms with E-state index >= 15 is 0 Å². The number of methoxy groups -OCH3 is 2. The number of esters is 2. The molecule has 2 N–H and O–H groups in total. The molecule has 5 unspecified atom stereocenters. The van der Waals surface area contributed by atoms with E-state index in [-0.39, 0.29) is 24.7 Å². The van der Waals surface area contributed by atoms with E-state index in [9.17, 15) is 19.8 Å². The van der Waals surface area contributed by atoms with Crippen molar-refractivity contribution in [3.05, 3.63) is 65.5 Å². The number of carbonyl (C=O) groups is 2. The number of allylic oxidation sites excluding steroid dienone is 3. The Morgan fingerprint density at radius 1 is 0.972 bits per heavy atom. The number of aliphatic hydroxyl groups excluding tert-OH is 1. The van der Waals surface area contributed by atoms with E-state index in [1.807, 2.05) is 0 Å². The van der Waals surface area contributed by atoms with Crippen molar-refractivity contribution in [3.8, 4) is 11.5 Å². The first kappa shape index (κ1) is 25.5. The van der Waals surface area contributed by atoms with Gasteiger partial charge in [-0.1, -0.05) is 12.1 Å². The zero-order valence-corrected chi connectivity index (χ0v) is 19.9. The Balaban J connectivity index is 1.27. The second-order valence-electron chi connectivity index (χ2n) is 8.35. The molecule has 0 saturated carbocycles. The van der Waals surface area contributed by atoms with E-state index in [4.69, 9.17) is 28.4 Å². The molecule has 0 spiro atoms. The number of aromatic hydroxyl groups is 1. The molecule has 0 bridgehead atoms. The highest BCUT2D eigenvalue weighted by molar-refractivity contribution is 5.87. The quantitative estimate of drug-likeness (QED) is 0.403. The Morgan fingerprint density at radius 3 is 2.22 bits per heavy atom.